The molecule has 0 aliphatic rings. The van der Waals surface area contributed by atoms with Crippen molar-refractivity contribution in [3.05, 3.63) is 79.9 Å². The molecule has 0 aromatic carbocycles. The zero-order chi connectivity index (χ0) is 17.8. The summed E-state index contributed by atoms with van der Waals surface area (Å²) in [5.41, 5.74) is 2.99. The SMILES string of the molecule is Cc1cnc(Cn2ccc(C)c(C(=O)NCc3ccsc3)c2=O)cn1. The summed E-state index contributed by atoms with van der Waals surface area (Å²) < 4.78 is 1.48. The van der Waals surface area contributed by atoms with E-state index in [9.17, 15) is 9.59 Å². The van der Waals surface area contributed by atoms with E-state index in [1.807, 2.05) is 23.8 Å². The zero-order valence-electron chi connectivity index (χ0n) is 14.0. The summed E-state index contributed by atoms with van der Waals surface area (Å²) in [6.07, 6.45) is 4.97. The monoisotopic (exact) mass is 354 g/mol. The Labute approximate surface area is 149 Å². The molecule has 3 heterocycles. The summed E-state index contributed by atoms with van der Waals surface area (Å²) in [7, 11) is 0. The Morgan fingerprint density at radius 1 is 1.24 bits per heavy atom. The number of nitrogens with zero attached hydrogens (tertiary/aromatic N) is 3. The third-order valence-corrected chi connectivity index (χ3v) is 4.53. The molecule has 0 atom stereocenters. The molecule has 0 saturated heterocycles. The van der Waals surface area contributed by atoms with Gasteiger partial charge >= 0.3 is 0 Å². The molecule has 0 radical (unpaired) electrons. The predicted molar refractivity (Wildman–Crippen MR) is 96.8 cm³/mol. The lowest BCUT2D eigenvalue weighted by molar-refractivity contribution is 0.0948. The van der Waals surface area contributed by atoms with Crippen LogP contribution in [0.25, 0.3) is 0 Å². The summed E-state index contributed by atoms with van der Waals surface area (Å²) in [5.74, 6) is -0.363. The molecule has 3 aromatic heterocycles. The predicted octanol–water partition coefficient (Wildman–Crippen LogP) is 2.29. The van der Waals surface area contributed by atoms with E-state index in [1.54, 1.807) is 42.9 Å². The molecule has 0 fully saturated rings. The van der Waals surface area contributed by atoms with Crippen molar-refractivity contribution in [2.75, 3.05) is 0 Å². The molecule has 0 aliphatic carbocycles. The molecular weight excluding hydrogens is 336 g/mol. The summed E-state index contributed by atoms with van der Waals surface area (Å²) in [4.78, 5) is 33.6. The van der Waals surface area contributed by atoms with Crippen molar-refractivity contribution in [1.29, 1.82) is 0 Å². The highest BCUT2D eigenvalue weighted by Gasteiger charge is 2.16. The van der Waals surface area contributed by atoms with E-state index >= 15 is 0 Å². The topological polar surface area (TPSA) is 76.9 Å². The average molecular weight is 354 g/mol. The molecular formula is C18H18N4O2S. The number of aromatic nitrogens is 3. The van der Waals surface area contributed by atoms with Crippen LogP contribution in [0.1, 0.15) is 32.9 Å². The van der Waals surface area contributed by atoms with Gasteiger partial charge in [0, 0.05) is 18.9 Å². The van der Waals surface area contributed by atoms with Crippen LogP contribution in [0.4, 0.5) is 0 Å². The van der Waals surface area contributed by atoms with E-state index in [1.165, 1.54) is 4.57 Å². The highest BCUT2D eigenvalue weighted by molar-refractivity contribution is 7.07. The van der Waals surface area contributed by atoms with E-state index in [4.69, 9.17) is 0 Å². The lowest BCUT2D eigenvalue weighted by atomic mass is 10.1. The molecule has 0 spiro atoms. The fraction of sp³-hybridized carbons (Fsp3) is 0.222. The number of pyridine rings is 1. The van der Waals surface area contributed by atoms with Crippen LogP contribution in [0.3, 0.4) is 0 Å². The Kier molecular flexibility index (Phi) is 5.04. The number of nitrogens with one attached hydrogen (secondary N) is 1. The number of rotatable bonds is 5. The summed E-state index contributed by atoms with van der Waals surface area (Å²) >= 11 is 1.57. The minimum absolute atomic E-state index is 0.165. The number of hydrogen-bond acceptors (Lipinski definition) is 5. The van der Waals surface area contributed by atoms with Crippen LogP contribution in [0.15, 0.2) is 46.3 Å². The van der Waals surface area contributed by atoms with E-state index in [2.05, 4.69) is 15.3 Å². The third-order valence-electron chi connectivity index (χ3n) is 3.80. The lowest BCUT2D eigenvalue weighted by Gasteiger charge is -2.11. The fourth-order valence-electron chi connectivity index (χ4n) is 2.41. The van der Waals surface area contributed by atoms with Gasteiger partial charge in [0.25, 0.3) is 11.5 Å². The van der Waals surface area contributed by atoms with Crippen molar-refractivity contribution < 1.29 is 4.79 Å². The van der Waals surface area contributed by atoms with E-state index < -0.39 is 0 Å². The van der Waals surface area contributed by atoms with Gasteiger partial charge in [0.05, 0.1) is 24.1 Å². The van der Waals surface area contributed by atoms with Crippen LogP contribution in [0.2, 0.25) is 0 Å². The van der Waals surface area contributed by atoms with Gasteiger partial charge in [-0.3, -0.25) is 19.6 Å². The van der Waals surface area contributed by atoms with Crippen molar-refractivity contribution in [3.8, 4) is 0 Å². The summed E-state index contributed by atoms with van der Waals surface area (Å²) in [6.45, 7) is 4.29. The standard InChI is InChI=1S/C18H18N4O2S/c1-12-3-5-22(10-15-9-19-13(2)7-20-15)18(24)16(12)17(23)21-8-14-4-6-25-11-14/h3-7,9,11H,8,10H2,1-2H3,(H,21,23). The first-order chi connectivity index (χ1) is 12.0. The van der Waals surface area contributed by atoms with Gasteiger partial charge in [-0.2, -0.15) is 11.3 Å². The molecule has 6 nitrogen and oxygen atoms in total. The first-order valence-electron chi connectivity index (χ1n) is 7.81. The maximum absolute atomic E-state index is 12.7. The molecule has 128 valence electrons. The maximum atomic E-state index is 12.7. The van der Waals surface area contributed by atoms with Gasteiger partial charge in [-0.25, -0.2) is 0 Å². The first kappa shape index (κ1) is 17.0. The van der Waals surface area contributed by atoms with Gasteiger partial charge < -0.3 is 9.88 Å². The molecule has 7 heteroatoms. The molecule has 0 saturated carbocycles. The first-order valence-corrected chi connectivity index (χ1v) is 8.75. The van der Waals surface area contributed by atoms with Gasteiger partial charge in [0.2, 0.25) is 0 Å². The quantitative estimate of drug-likeness (QED) is 0.763. The Morgan fingerprint density at radius 2 is 2.08 bits per heavy atom. The smallest absolute Gasteiger partial charge is 0.264 e. The van der Waals surface area contributed by atoms with Crippen molar-refractivity contribution in [3.63, 3.8) is 0 Å². The Bertz CT molecular complexity index is 931. The Morgan fingerprint density at radius 3 is 2.76 bits per heavy atom. The second-order valence-electron chi connectivity index (χ2n) is 5.77. The molecule has 0 bridgehead atoms. The van der Waals surface area contributed by atoms with E-state index in [0.717, 1.165) is 11.3 Å². The van der Waals surface area contributed by atoms with Gasteiger partial charge in [-0.1, -0.05) is 0 Å². The third kappa shape index (κ3) is 4.00. The molecule has 3 rings (SSSR count). The second-order valence-corrected chi connectivity index (χ2v) is 6.55. The minimum atomic E-state index is -0.363. The molecule has 3 aromatic rings. The van der Waals surface area contributed by atoms with Crippen LogP contribution in [0.5, 0.6) is 0 Å². The largest absolute Gasteiger partial charge is 0.348 e. The van der Waals surface area contributed by atoms with Crippen molar-refractivity contribution >= 4 is 17.2 Å². The molecule has 0 unspecified atom stereocenters. The van der Waals surface area contributed by atoms with E-state index in [-0.39, 0.29) is 23.6 Å². The van der Waals surface area contributed by atoms with Gasteiger partial charge in [-0.15, -0.1) is 0 Å². The molecule has 1 amide bonds. The Hall–Kier alpha value is -2.80. The summed E-state index contributed by atoms with van der Waals surface area (Å²) in [5, 5.41) is 6.72. The summed E-state index contributed by atoms with van der Waals surface area (Å²) in [6, 6.07) is 3.71. The average Bonchev–Trinajstić information content (AvgIpc) is 3.11. The van der Waals surface area contributed by atoms with Crippen LogP contribution in [0, 0.1) is 13.8 Å². The van der Waals surface area contributed by atoms with E-state index in [0.29, 0.717) is 17.8 Å². The Balaban J connectivity index is 1.82. The van der Waals surface area contributed by atoms with Gasteiger partial charge in [0.15, 0.2) is 0 Å². The zero-order valence-corrected chi connectivity index (χ0v) is 14.8. The van der Waals surface area contributed by atoms with Crippen LogP contribution in [-0.4, -0.2) is 20.4 Å². The number of thiophene rings is 1. The van der Waals surface area contributed by atoms with Crippen molar-refractivity contribution in [2.45, 2.75) is 26.9 Å². The van der Waals surface area contributed by atoms with Crippen LogP contribution in [-0.2, 0) is 13.1 Å². The molecule has 0 aliphatic heterocycles. The molecule has 1 N–H and O–H groups in total. The lowest BCUT2D eigenvalue weighted by Crippen LogP contribution is -2.34. The number of amides is 1. The number of carbonyl (C=O) groups excluding carboxylic acids is 1. The van der Waals surface area contributed by atoms with Crippen LogP contribution >= 0.6 is 11.3 Å². The maximum Gasteiger partial charge on any atom is 0.264 e. The highest BCUT2D eigenvalue weighted by Crippen LogP contribution is 2.07. The van der Waals surface area contributed by atoms with Gasteiger partial charge in [-0.05, 0) is 47.9 Å². The normalized spacial score (nSPS) is 10.6. The highest BCUT2D eigenvalue weighted by atomic mass is 32.1. The van der Waals surface area contributed by atoms with Gasteiger partial charge in [0.1, 0.15) is 5.56 Å². The fourth-order valence-corrected chi connectivity index (χ4v) is 3.07. The number of carbonyl (C=O) groups is 1. The van der Waals surface area contributed by atoms with Crippen molar-refractivity contribution in [2.24, 2.45) is 0 Å². The molecule has 25 heavy (non-hydrogen) atoms. The number of aryl methyl sites for hydroxylation is 2. The second kappa shape index (κ2) is 7.40. The minimum Gasteiger partial charge on any atom is -0.348 e. The van der Waals surface area contributed by atoms with Crippen molar-refractivity contribution in [1.82, 2.24) is 19.9 Å². The van der Waals surface area contributed by atoms with Crippen LogP contribution < -0.4 is 10.9 Å². The number of hydrogen-bond donors (Lipinski definition) is 1.